The summed E-state index contributed by atoms with van der Waals surface area (Å²) in [6.45, 7) is 1.65. The van der Waals surface area contributed by atoms with Gasteiger partial charge in [0.25, 0.3) is 0 Å². The smallest absolute Gasteiger partial charge is 0.232 e. The molecule has 7 nitrogen and oxygen atoms in total. The highest BCUT2D eigenvalue weighted by Crippen LogP contribution is 2.24. The molecule has 35 heavy (non-hydrogen) atoms. The Labute approximate surface area is 205 Å². The lowest BCUT2D eigenvalue weighted by Crippen LogP contribution is -2.19. The number of benzene rings is 2. The van der Waals surface area contributed by atoms with Gasteiger partial charge in [-0.3, -0.25) is 9.52 Å². The summed E-state index contributed by atoms with van der Waals surface area (Å²) in [7, 11) is -3.82. The highest BCUT2D eigenvalue weighted by molar-refractivity contribution is 7.92. The summed E-state index contributed by atoms with van der Waals surface area (Å²) in [6, 6.07) is 10.8. The number of H-pyrrole nitrogens is 1. The molecule has 0 bridgehead atoms. The summed E-state index contributed by atoms with van der Waals surface area (Å²) in [4.78, 5) is 24.6. The van der Waals surface area contributed by atoms with Crippen molar-refractivity contribution in [2.24, 2.45) is 0 Å². The van der Waals surface area contributed by atoms with E-state index >= 15 is 0 Å². The first-order chi connectivity index (χ1) is 16.6. The van der Waals surface area contributed by atoms with Crippen LogP contribution in [0.25, 0.3) is 11.2 Å². The van der Waals surface area contributed by atoms with Crippen LogP contribution in [0.15, 0.2) is 48.7 Å². The van der Waals surface area contributed by atoms with Crippen LogP contribution in [-0.4, -0.2) is 34.9 Å². The van der Waals surface area contributed by atoms with Crippen molar-refractivity contribution < 1.29 is 22.0 Å². The number of carbonyl (C=O) groups excluding carboxylic acids is 1. The average Bonchev–Trinajstić information content (AvgIpc) is 3.19. The van der Waals surface area contributed by atoms with E-state index in [9.17, 15) is 22.0 Å². The second-order valence-electron chi connectivity index (χ2n) is 8.01. The number of nitrogens with one attached hydrogen (secondary N) is 2. The van der Waals surface area contributed by atoms with Crippen molar-refractivity contribution in [2.75, 3.05) is 10.5 Å². The number of hydrogen-bond acceptors (Lipinski definition) is 5. The molecular weight excluding hydrogens is 498 g/mol. The molecule has 0 fully saturated rings. The fourth-order valence-electron chi connectivity index (χ4n) is 3.62. The van der Waals surface area contributed by atoms with Gasteiger partial charge in [0.05, 0.1) is 22.5 Å². The van der Waals surface area contributed by atoms with E-state index in [1.165, 1.54) is 6.20 Å². The molecule has 0 unspecified atom stereocenters. The number of hydrogen-bond donors (Lipinski definition) is 2. The number of aromatic nitrogens is 3. The zero-order chi connectivity index (χ0) is 25.2. The molecule has 0 radical (unpaired) electrons. The van der Waals surface area contributed by atoms with Crippen molar-refractivity contribution in [1.29, 1.82) is 0 Å². The number of halogens is 3. The number of sulfonamides is 1. The highest BCUT2D eigenvalue weighted by Gasteiger charge is 2.23. The first-order valence-electron chi connectivity index (χ1n) is 10.7. The number of rotatable bonds is 9. The second kappa shape index (κ2) is 10.1. The predicted molar refractivity (Wildman–Crippen MR) is 130 cm³/mol. The fourth-order valence-corrected chi connectivity index (χ4v) is 4.88. The van der Waals surface area contributed by atoms with E-state index < -0.39 is 38.7 Å². The fraction of sp³-hybridized carbons (Fsp3) is 0.208. The van der Waals surface area contributed by atoms with Gasteiger partial charge in [0.1, 0.15) is 11.6 Å². The zero-order valence-corrected chi connectivity index (χ0v) is 20.2. The SMILES string of the molecule is CCCS(=O)(=O)Nc1ccc(F)c(C(=O)Cc2cnc3nc(Cc4ccc(Cl)cc4)[nH]c3c2)c1F. The molecule has 0 aliphatic rings. The number of Topliss-reactive ketones (excluding diaryl/α,β-unsaturated/α-hetero) is 1. The van der Waals surface area contributed by atoms with Crippen LogP contribution >= 0.6 is 11.6 Å². The van der Waals surface area contributed by atoms with E-state index in [0.717, 1.165) is 17.7 Å². The first-order valence-corrected chi connectivity index (χ1v) is 12.8. The minimum atomic E-state index is -3.82. The van der Waals surface area contributed by atoms with Crippen molar-refractivity contribution in [3.63, 3.8) is 0 Å². The number of pyridine rings is 1. The normalized spacial score (nSPS) is 11.7. The van der Waals surface area contributed by atoms with Gasteiger partial charge in [0.2, 0.25) is 10.0 Å². The molecule has 0 atom stereocenters. The maximum Gasteiger partial charge on any atom is 0.232 e. The number of anilines is 1. The third-order valence-electron chi connectivity index (χ3n) is 5.20. The lowest BCUT2D eigenvalue weighted by molar-refractivity contribution is 0.0985. The Morgan fingerprint density at radius 2 is 1.86 bits per heavy atom. The Hall–Kier alpha value is -3.37. The van der Waals surface area contributed by atoms with E-state index in [-0.39, 0.29) is 12.2 Å². The molecule has 2 heterocycles. The number of fused-ring (bicyclic) bond motifs is 1. The average molecular weight is 519 g/mol. The van der Waals surface area contributed by atoms with Gasteiger partial charge in [-0.25, -0.2) is 27.2 Å². The zero-order valence-electron chi connectivity index (χ0n) is 18.6. The van der Waals surface area contributed by atoms with Gasteiger partial charge >= 0.3 is 0 Å². The number of ketones is 1. The summed E-state index contributed by atoms with van der Waals surface area (Å²) in [6.07, 6.45) is 1.90. The summed E-state index contributed by atoms with van der Waals surface area (Å²) < 4.78 is 55.3. The number of nitrogens with zero attached hydrogens (tertiary/aromatic N) is 2. The van der Waals surface area contributed by atoms with E-state index in [1.807, 2.05) is 12.1 Å². The van der Waals surface area contributed by atoms with E-state index in [1.54, 1.807) is 25.1 Å². The van der Waals surface area contributed by atoms with Crippen LogP contribution in [0.5, 0.6) is 0 Å². The summed E-state index contributed by atoms with van der Waals surface area (Å²) in [5.74, 6) is -2.76. The predicted octanol–water partition coefficient (Wildman–Crippen LogP) is 5.06. The minimum Gasteiger partial charge on any atom is -0.340 e. The molecule has 0 saturated carbocycles. The van der Waals surface area contributed by atoms with E-state index in [4.69, 9.17) is 11.6 Å². The molecule has 2 N–H and O–H groups in total. The molecule has 182 valence electrons. The van der Waals surface area contributed by atoms with Crippen LogP contribution in [0.4, 0.5) is 14.5 Å². The molecule has 0 aliphatic heterocycles. The van der Waals surface area contributed by atoms with Crippen molar-refractivity contribution >= 4 is 44.3 Å². The monoisotopic (exact) mass is 518 g/mol. The molecule has 0 aliphatic carbocycles. The van der Waals surface area contributed by atoms with Crippen molar-refractivity contribution in [3.8, 4) is 0 Å². The molecular formula is C24H21ClF2N4O3S. The van der Waals surface area contributed by atoms with Crippen LogP contribution in [0.2, 0.25) is 5.02 Å². The molecule has 11 heteroatoms. The summed E-state index contributed by atoms with van der Waals surface area (Å²) in [5, 5.41) is 0.631. The molecule has 0 saturated heterocycles. The largest absolute Gasteiger partial charge is 0.340 e. The third kappa shape index (κ3) is 5.83. The second-order valence-corrected chi connectivity index (χ2v) is 10.3. The molecule has 0 spiro atoms. The van der Waals surface area contributed by atoms with Gasteiger partial charge in [-0.2, -0.15) is 0 Å². The van der Waals surface area contributed by atoms with Crippen LogP contribution in [0, 0.1) is 11.6 Å². The number of carbonyl (C=O) groups is 1. The van der Waals surface area contributed by atoms with Crippen molar-refractivity contribution in [2.45, 2.75) is 26.2 Å². The topological polar surface area (TPSA) is 105 Å². The lowest BCUT2D eigenvalue weighted by atomic mass is 10.0. The van der Waals surface area contributed by atoms with Gasteiger partial charge in [-0.1, -0.05) is 30.7 Å². The van der Waals surface area contributed by atoms with Gasteiger partial charge in [-0.05, 0) is 47.9 Å². The quantitative estimate of drug-likeness (QED) is 0.301. The van der Waals surface area contributed by atoms with Gasteiger partial charge < -0.3 is 4.98 Å². The first kappa shape index (κ1) is 24.7. The summed E-state index contributed by atoms with van der Waals surface area (Å²) >= 11 is 5.91. The number of imidazole rings is 1. The van der Waals surface area contributed by atoms with Gasteiger partial charge in [0.15, 0.2) is 17.2 Å². The number of aromatic amines is 1. The third-order valence-corrected chi connectivity index (χ3v) is 6.93. The van der Waals surface area contributed by atoms with Crippen LogP contribution in [-0.2, 0) is 22.9 Å². The van der Waals surface area contributed by atoms with Crippen LogP contribution < -0.4 is 4.72 Å². The van der Waals surface area contributed by atoms with Crippen molar-refractivity contribution in [3.05, 3.63) is 87.8 Å². The standard InChI is InChI=1S/C24H21ClF2N4O3S/c1-2-9-35(33,34)31-18-8-7-17(26)22(23(18)27)20(32)11-15-10-19-24(28-13-15)30-21(29-19)12-14-3-5-16(25)6-4-14/h3-8,10,13,31H,2,9,11-12H2,1H3,(H,28,29,30). The maximum absolute atomic E-state index is 14.9. The van der Waals surface area contributed by atoms with Crippen LogP contribution in [0.3, 0.4) is 0 Å². The Kier molecular flexibility index (Phi) is 7.13. The molecule has 2 aromatic carbocycles. The molecule has 4 aromatic rings. The minimum absolute atomic E-state index is 0.233. The van der Waals surface area contributed by atoms with Crippen molar-refractivity contribution in [1.82, 2.24) is 15.0 Å². The molecule has 4 rings (SSSR count). The summed E-state index contributed by atoms with van der Waals surface area (Å²) in [5.41, 5.74) is 1.13. The Balaban J connectivity index is 1.55. The van der Waals surface area contributed by atoms with Crippen LogP contribution in [0.1, 0.15) is 40.7 Å². The Bertz CT molecular complexity index is 1510. The van der Waals surface area contributed by atoms with E-state index in [2.05, 4.69) is 19.7 Å². The lowest BCUT2D eigenvalue weighted by Gasteiger charge is -2.11. The highest BCUT2D eigenvalue weighted by atomic mass is 35.5. The Morgan fingerprint density at radius 1 is 1.11 bits per heavy atom. The van der Waals surface area contributed by atoms with E-state index in [0.29, 0.717) is 40.4 Å². The van der Waals surface area contributed by atoms with Gasteiger partial charge in [-0.15, -0.1) is 0 Å². The Morgan fingerprint density at radius 3 is 2.57 bits per heavy atom. The maximum atomic E-state index is 14.9. The van der Waals surface area contributed by atoms with Gasteiger partial charge in [0, 0.05) is 24.1 Å². The molecule has 2 aromatic heterocycles. The molecule has 0 amide bonds.